The zero-order chi connectivity index (χ0) is 20.5. The van der Waals surface area contributed by atoms with Crippen molar-refractivity contribution >= 4 is 28.9 Å². The minimum absolute atomic E-state index is 0.0155. The summed E-state index contributed by atoms with van der Waals surface area (Å²) in [6.07, 6.45) is 10.7. The van der Waals surface area contributed by atoms with E-state index in [-0.39, 0.29) is 28.3 Å². The molecule has 7 nitrogen and oxygen atoms in total. The SMILES string of the molecule is COc1cc([N+](=O)[O-])c(Cl)cc1NC(=O)C1CC2CCC(C1)N2C1CCCCC1. The number of rotatable bonds is 5. The van der Waals surface area contributed by atoms with Gasteiger partial charge >= 0.3 is 0 Å². The molecule has 3 fully saturated rings. The van der Waals surface area contributed by atoms with E-state index in [0.717, 1.165) is 12.8 Å². The normalized spacial score (nSPS) is 27.6. The Labute approximate surface area is 175 Å². The van der Waals surface area contributed by atoms with E-state index in [0.29, 0.717) is 23.8 Å². The van der Waals surface area contributed by atoms with Crippen molar-refractivity contribution in [1.29, 1.82) is 0 Å². The third kappa shape index (κ3) is 4.08. The molecule has 1 aliphatic carbocycles. The lowest BCUT2D eigenvalue weighted by atomic mass is 9.85. The molecule has 29 heavy (non-hydrogen) atoms. The van der Waals surface area contributed by atoms with Crippen LogP contribution in [0.3, 0.4) is 0 Å². The minimum atomic E-state index is -0.560. The molecule has 2 unspecified atom stereocenters. The Kier molecular flexibility index (Phi) is 5.97. The molecule has 0 radical (unpaired) electrons. The number of nitro groups is 1. The van der Waals surface area contributed by atoms with E-state index in [4.69, 9.17) is 16.3 Å². The molecule has 4 rings (SSSR count). The monoisotopic (exact) mass is 421 g/mol. The third-order valence-corrected chi connectivity index (χ3v) is 7.18. The smallest absolute Gasteiger partial charge is 0.291 e. The number of anilines is 1. The Morgan fingerprint density at radius 1 is 1.14 bits per heavy atom. The van der Waals surface area contributed by atoms with Gasteiger partial charge in [0, 0.05) is 24.0 Å². The lowest BCUT2D eigenvalue weighted by Gasteiger charge is -2.44. The number of nitrogens with zero attached hydrogens (tertiary/aromatic N) is 2. The number of amides is 1. The number of hydrogen-bond donors (Lipinski definition) is 1. The lowest BCUT2D eigenvalue weighted by Crippen LogP contribution is -2.51. The first-order valence-corrected chi connectivity index (χ1v) is 11.0. The number of nitrogens with one attached hydrogen (secondary N) is 1. The van der Waals surface area contributed by atoms with Crippen LogP contribution in [0.15, 0.2) is 12.1 Å². The fraction of sp³-hybridized carbons (Fsp3) is 0.667. The molecule has 2 aliphatic heterocycles. The minimum Gasteiger partial charge on any atom is -0.494 e. The van der Waals surface area contributed by atoms with Gasteiger partial charge in [0.25, 0.3) is 5.69 Å². The van der Waals surface area contributed by atoms with Crippen LogP contribution in [0.5, 0.6) is 5.75 Å². The zero-order valence-electron chi connectivity index (χ0n) is 16.7. The number of carbonyl (C=O) groups is 1. The largest absolute Gasteiger partial charge is 0.494 e. The summed E-state index contributed by atoms with van der Waals surface area (Å²) in [5, 5.41) is 14.0. The van der Waals surface area contributed by atoms with Crippen LogP contribution in [0.4, 0.5) is 11.4 Å². The number of nitro benzene ring substituents is 1. The number of hydrogen-bond acceptors (Lipinski definition) is 5. The van der Waals surface area contributed by atoms with E-state index in [1.807, 2.05) is 0 Å². The summed E-state index contributed by atoms with van der Waals surface area (Å²) in [6, 6.07) is 4.35. The molecule has 1 aromatic carbocycles. The average molecular weight is 422 g/mol. The van der Waals surface area contributed by atoms with Crippen molar-refractivity contribution in [2.75, 3.05) is 12.4 Å². The standard InChI is InChI=1S/C21H28ClN3O4/c1-29-20-12-19(25(27)28)17(22)11-18(20)23-21(26)13-9-15-7-8-16(10-13)24(15)14-5-3-2-4-6-14/h11-16H,2-10H2,1H3,(H,23,26). The van der Waals surface area contributed by atoms with Crippen molar-refractivity contribution in [3.05, 3.63) is 27.3 Å². The van der Waals surface area contributed by atoms with Gasteiger partial charge in [0.15, 0.2) is 0 Å². The summed E-state index contributed by atoms with van der Waals surface area (Å²) < 4.78 is 5.24. The van der Waals surface area contributed by atoms with Gasteiger partial charge in [-0.2, -0.15) is 0 Å². The van der Waals surface area contributed by atoms with Crippen molar-refractivity contribution in [3.8, 4) is 5.75 Å². The zero-order valence-corrected chi connectivity index (χ0v) is 17.5. The van der Waals surface area contributed by atoms with Crippen molar-refractivity contribution in [2.24, 2.45) is 5.92 Å². The maximum absolute atomic E-state index is 13.0. The van der Waals surface area contributed by atoms with Gasteiger partial charge in [0.05, 0.1) is 23.8 Å². The Hall–Kier alpha value is -1.86. The highest BCUT2D eigenvalue weighted by Gasteiger charge is 2.45. The highest BCUT2D eigenvalue weighted by Crippen LogP contribution is 2.43. The fourth-order valence-corrected chi connectivity index (χ4v) is 5.82. The Balaban J connectivity index is 1.45. The summed E-state index contributed by atoms with van der Waals surface area (Å²) >= 11 is 6.03. The molecule has 1 saturated carbocycles. The molecular formula is C21H28ClN3O4. The molecule has 1 aromatic rings. The molecule has 2 bridgehead atoms. The molecule has 2 heterocycles. The van der Waals surface area contributed by atoms with Crippen LogP contribution >= 0.6 is 11.6 Å². The number of benzene rings is 1. The first kappa shape index (κ1) is 20.4. The maximum Gasteiger partial charge on any atom is 0.291 e. The summed E-state index contributed by atoms with van der Waals surface area (Å²) in [5.41, 5.74) is 0.149. The molecule has 3 aliphatic rings. The van der Waals surface area contributed by atoms with Crippen LogP contribution in [0.1, 0.15) is 57.8 Å². The lowest BCUT2D eigenvalue weighted by molar-refractivity contribution is -0.384. The first-order valence-electron chi connectivity index (χ1n) is 10.6. The van der Waals surface area contributed by atoms with Gasteiger partial charge in [-0.15, -0.1) is 0 Å². The summed E-state index contributed by atoms with van der Waals surface area (Å²) in [5.74, 6) is 0.150. The van der Waals surface area contributed by atoms with E-state index in [1.165, 1.54) is 64.2 Å². The number of halogens is 1. The van der Waals surface area contributed by atoms with Crippen molar-refractivity contribution < 1.29 is 14.5 Å². The highest BCUT2D eigenvalue weighted by molar-refractivity contribution is 6.33. The van der Waals surface area contributed by atoms with Crippen LogP contribution in [-0.4, -0.2) is 41.0 Å². The second kappa shape index (κ2) is 8.48. The van der Waals surface area contributed by atoms with Crippen LogP contribution in [0.25, 0.3) is 0 Å². The summed E-state index contributed by atoms with van der Waals surface area (Å²) in [6.45, 7) is 0. The van der Waals surface area contributed by atoms with E-state index in [9.17, 15) is 14.9 Å². The maximum atomic E-state index is 13.0. The van der Waals surface area contributed by atoms with Crippen LogP contribution in [-0.2, 0) is 4.79 Å². The Morgan fingerprint density at radius 2 is 1.79 bits per heavy atom. The van der Waals surface area contributed by atoms with Gasteiger partial charge in [-0.3, -0.25) is 19.8 Å². The molecular weight excluding hydrogens is 394 g/mol. The van der Waals surface area contributed by atoms with Crippen molar-refractivity contribution in [3.63, 3.8) is 0 Å². The number of carbonyl (C=O) groups excluding carboxylic acids is 1. The van der Waals surface area contributed by atoms with Crippen molar-refractivity contribution in [2.45, 2.75) is 75.9 Å². The van der Waals surface area contributed by atoms with E-state index >= 15 is 0 Å². The second-order valence-electron chi connectivity index (χ2n) is 8.54. The van der Waals surface area contributed by atoms with Gasteiger partial charge in [0.1, 0.15) is 10.8 Å². The molecule has 8 heteroatoms. The first-order chi connectivity index (χ1) is 14.0. The second-order valence-corrected chi connectivity index (χ2v) is 8.95. The summed E-state index contributed by atoms with van der Waals surface area (Å²) in [4.78, 5) is 26.3. The Morgan fingerprint density at radius 3 is 2.38 bits per heavy atom. The van der Waals surface area contributed by atoms with Gasteiger partial charge in [-0.25, -0.2) is 0 Å². The van der Waals surface area contributed by atoms with Crippen LogP contribution in [0.2, 0.25) is 5.02 Å². The van der Waals surface area contributed by atoms with Crippen LogP contribution in [0, 0.1) is 16.0 Å². The number of piperidine rings is 1. The van der Waals surface area contributed by atoms with E-state index in [2.05, 4.69) is 10.2 Å². The molecule has 2 atom stereocenters. The van der Waals surface area contributed by atoms with Gasteiger partial charge in [-0.1, -0.05) is 30.9 Å². The fourth-order valence-electron chi connectivity index (χ4n) is 5.59. The molecule has 0 aromatic heterocycles. The number of ether oxygens (including phenoxy) is 1. The van der Waals surface area contributed by atoms with E-state index < -0.39 is 4.92 Å². The van der Waals surface area contributed by atoms with Gasteiger partial charge < -0.3 is 10.1 Å². The molecule has 0 spiro atoms. The number of methoxy groups -OCH3 is 1. The molecule has 158 valence electrons. The van der Waals surface area contributed by atoms with Crippen molar-refractivity contribution in [1.82, 2.24) is 4.90 Å². The quantitative estimate of drug-likeness (QED) is 0.546. The highest BCUT2D eigenvalue weighted by atomic mass is 35.5. The van der Waals surface area contributed by atoms with Crippen LogP contribution < -0.4 is 10.1 Å². The molecule has 2 saturated heterocycles. The molecule has 1 N–H and O–H groups in total. The predicted molar refractivity (Wildman–Crippen MR) is 112 cm³/mol. The van der Waals surface area contributed by atoms with Gasteiger partial charge in [-0.05, 0) is 44.6 Å². The third-order valence-electron chi connectivity index (χ3n) is 6.88. The topological polar surface area (TPSA) is 84.7 Å². The van der Waals surface area contributed by atoms with Gasteiger partial charge in [0.2, 0.25) is 5.91 Å². The van der Waals surface area contributed by atoms with E-state index in [1.54, 1.807) is 0 Å². The predicted octanol–water partition coefficient (Wildman–Crippen LogP) is 4.77. The molecule has 1 amide bonds. The number of fused-ring (bicyclic) bond motifs is 2. The average Bonchev–Trinajstić information content (AvgIpc) is 2.97. The summed E-state index contributed by atoms with van der Waals surface area (Å²) in [7, 11) is 1.42. The Bertz CT molecular complexity index is 782.